The minimum absolute atomic E-state index is 0.0463. The second kappa shape index (κ2) is 6.37. The summed E-state index contributed by atoms with van der Waals surface area (Å²) in [5.41, 5.74) is -0.587. The largest absolute Gasteiger partial charge is 0.340 e. The Morgan fingerprint density at radius 2 is 2.05 bits per heavy atom. The molecule has 0 bridgehead atoms. The molecule has 2 unspecified atom stereocenters. The molecule has 0 aromatic heterocycles. The predicted octanol–water partition coefficient (Wildman–Crippen LogP) is 2.18. The minimum Gasteiger partial charge on any atom is -0.340 e. The molecular weight excluding hydrogens is 272 g/mol. The molecule has 1 aliphatic carbocycles. The van der Waals surface area contributed by atoms with Crippen molar-refractivity contribution >= 4 is 23.6 Å². The van der Waals surface area contributed by atoms with Crippen molar-refractivity contribution in [2.45, 2.75) is 70.0 Å². The number of piperazine rings is 1. The molecule has 2 fully saturated rings. The lowest BCUT2D eigenvalue weighted by molar-refractivity contribution is -0.157. The van der Waals surface area contributed by atoms with Crippen LogP contribution >= 0.6 is 11.8 Å². The lowest BCUT2D eigenvalue weighted by atomic mass is 9.88. The number of thioether (sulfide) groups is 1. The molecule has 0 aromatic carbocycles. The number of nitrogens with one attached hydrogen (secondary N) is 1. The number of hydrogen-bond donors (Lipinski definition) is 1. The van der Waals surface area contributed by atoms with Crippen LogP contribution in [0.2, 0.25) is 0 Å². The molecule has 1 aliphatic heterocycles. The third kappa shape index (κ3) is 2.69. The quantitative estimate of drug-likeness (QED) is 0.846. The maximum Gasteiger partial charge on any atom is 0.249 e. The van der Waals surface area contributed by atoms with Crippen molar-refractivity contribution in [1.82, 2.24) is 10.2 Å². The van der Waals surface area contributed by atoms with Gasteiger partial charge in [0, 0.05) is 6.04 Å². The molecule has 2 aliphatic rings. The van der Waals surface area contributed by atoms with Crippen LogP contribution in [0.3, 0.4) is 0 Å². The van der Waals surface area contributed by atoms with Gasteiger partial charge in [0.25, 0.3) is 0 Å². The van der Waals surface area contributed by atoms with Crippen molar-refractivity contribution < 1.29 is 9.59 Å². The third-order valence-electron chi connectivity index (χ3n) is 4.70. The Morgan fingerprint density at radius 1 is 1.40 bits per heavy atom. The molecule has 1 saturated heterocycles. The van der Waals surface area contributed by atoms with Crippen molar-refractivity contribution in [3.63, 3.8) is 0 Å². The van der Waals surface area contributed by atoms with Gasteiger partial charge in [0.1, 0.15) is 11.6 Å². The number of hydrogen-bond acceptors (Lipinski definition) is 3. The Labute approximate surface area is 126 Å². The Morgan fingerprint density at radius 3 is 2.60 bits per heavy atom. The molecule has 1 saturated carbocycles. The van der Waals surface area contributed by atoms with Crippen molar-refractivity contribution in [2.24, 2.45) is 0 Å². The standard InChI is InChI=1S/C15H26N2O2S/c1-4-12-13(18)16-15(8-5-6-9-15)14(19)17(12)11(2)7-10-20-3/h11-12H,4-10H2,1-3H3,(H,16,18). The van der Waals surface area contributed by atoms with Crippen LogP contribution in [0.4, 0.5) is 0 Å². The molecule has 0 aromatic rings. The number of carbonyl (C=O) groups is 2. The van der Waals surface area contributed by atoms with E-state index in [1.165, 1.54) is 0 Å². The Kier molecular flexibility index (Phi) is 4.99. The zero-order chi connectivity index (χ0) is 14.8. The maximum atomic E-state index is 13.0. The highest BCUT2D eigenvalue weighted by atomic mass is 32.2. The molecule has 2 atom stereocenters. The molecule has 114 valence electrons. The molecule has 2 rings (SSSR count). The first-order valence-electron chi connectivity index (χ1n) is 7.69. The van der Waals surface area contributed by atoms with E-state index in [1.54, 1.807) is 11.8 Å². The van der Waals surface area contributed by atoms with Crippen LogP contribution in [-0.2, 0) is 9.59 Å². The minimum atomic E-state index is -0.587. The van der Waals surface area contributed by atoms with Gasteiger partial charge in [-0.05, 0) is 44.6 Å². The van der Waals surface area contributed by atoms with Crippen molar-refractivity contribution in [2.75, 3.05) is 12.0 Å². The van der Waals surface area contributed by atoms with Gasteiger partial charge in [0.15, 0.2) is 0 Å². The van der Waals surface area contributed by atoms with Crippen molar-refractivity contribution in [3.8, 4) is 0 Å². The normalized spacial score (nSPS) is 26.9. The first kappa shape index (κ1) is 15.7. The summed E-state index contributed by atoms with van der Waals surface area (Å²) in [5.74, 6) is 1.23. The van der Waals surface area contributed by atoms with Gasteiger partial charge in [-0.3, -0.25) is 9.59 Å². The van der Waals surface area contributed by atoms with Crippen LogP contribution in [0.25, 0.3) is 0 Å². The second-order valence-electron chi connectivity index (χ2n) is 6.05. The average Bonchev–Trinajstić information content (AvgIpc) is 2.89. The van der Waals surface area contributed by atoms with Crippen LogP contribution in [0.5, 0.6) is 0 Å². The SMILES string of the molecule is CCC1C(=O)NC2(CCCC2)C(=O)N1C(C)CCSC. The third-order valence-corrected chi connectivity index (χ3v) is 5.35. The summed E-state index contributed by atoms with van der Waals surface area (Å²) in [4.78, 5) is 27.3. The number of nitrogens with zero attached hydrogens (tertiary/aromatic N) is 1. The summed E-state index contributed by atoms with van der Waals surface area (Å²) in [6.07, 6.45) is 7.41. The van der Waals surface area contributed by atoms with Crippen LogP contribution in [-0.4, -0.2) is 46.3 Å². The van der Waals surface area contributed by atoms with Gasteiger partial charge >= 0.3 is 0 Å². The highest BCUT2D eigenvalue weighted by Crippen LogP contribution is 2.36. The van der Waals surface area contributed by atoms with Crippen LogP contribution < -0.4 is 5.32 Å². The van der Waals surface area contributed by atoms with Crippen molar-refractivity contribution in [1.29, 1.82) is 0 Å². The fraction of sp³-hybridized carbons (Fsp3) is 0.867. The summed E-state index contributed by atoms with van der Waals surface area (Å²) < 4.78 is 0. The van der Waals surface area contributed by atoms with Gasteiger partial charge in [-0.1, -0.05) is 19.8 Å². The van der Waals surface area contributed by atoms with E-state index in [2.05, 4.69) is 18.5 Å². The highest BCUT2D eigenvalue weighted by Gasteiger charge is 2.52. The van der Waals surface area contributed by atoms with Gasteiger partial charge in [-0.15, -0.1) is 0 Å². The smallest absolute Gasteiger partial charge is 0.249 e. The van der Waals surface area contributed by atoms with Gasteiger partial charge in [-0.25, -0.2) is 0 Å². The maximum absolute atomic E-state index is 13.0. The average molecular weight is 298 g/mol. The van der Waals surface area contributed by atoms with E-state index in [0.717, 1.165) is 37.9 Å². The first-order valence-corrected chi connectivity index (χ1v) is 9.09. The summed E-state index contributed by atoms with van der Waals surface area (Å²) in [6.45, 7) is 4.07. The van der Waals surface area contributed by atoms with Gasteiger partial charge in [0.05, 0.1) is 0 Å². The molecule has 1 heterocycles. The first-order chi connectivity index (χ1) is 9.55. The molecule has 20 heavy (non-hydrogen) atoms. The zero-order valence-electron chi connectivity index (χ0n) is 12.8. The van der Waals surface area contributed by atoms with E-state index in [0.29, 0.717) is 6.42 Å². The van der Waals surface area contributed by atoms with E-state index in [4.69, 9.17) is 0 Å². The fourth-order valence-electron chi connectivity index (χ4n) is 3.52. The number of rotatable bonds is 5. The number of carbonyl (C=O) groups excluding carboxylic acids is 2. The zero-order valence-corrected chi connectivity index (χ0v) is 13.6. The van der Waals surface area contributed by atoms with Crippen LogP contribution in [0, 0.1) is 0 Å². The van der Waals surface area contributed by atoms with Crippen LogP contribution in [0.1, 0.15) is 52.4 Å². The Hall–Kier alpha value is -0.710. The van der Waals surface area contributed by atoms with Gasteiger partial charge in [0.2, 0.25) is 11.8 Å². The van der Waals surface area contributed by atoms with E-state index in [-0.39, 0.29) is 23.9 Å². The van der Waals surface area contributed by atoms with Gasteiger partial charge < -0.3 is 10.2 Å². The van der Waals surface area contributed by atoms with E-state index < -0.39 is 5.54 Å². The monoisotopic (exact) mass is 298 g/mol. The van der Waals surface area contributed by atoms with Gasteiger partial charge in [-0.2, -0.15) is 11.8 Å². The summed E-state index contributed by atoms with van der Waals surface area (Å²) in [5, 5.41) is 3.05. The molecule has 2 amide bonds. The molecular formula is C15H26N2O2S. The Balaban J connectivity index is 2.23. The summed E-state index contributed by atoms with van der Waals surface area (Å²) in [7, 11) is 0. The Bertz CT molecular complexity index is 380. The van der Waals surface area contributed by atoms with E-state index in [9.17, 15) is 9.59 Å². The second-order valence-corrected chi connectivity index (χ2v) is 7.03. The topological polar surface area (TPSA) is 49.4 Å². The lowest BCUT2D eigenvalue weighted by Gasteiger charge is -2.47. The molecule has 1 spiro atoms. The molecule has 1 N–H and O–H groups in total. The molecule has 0 radical (unpaired) electrons. The molecule has 4 nitrogen and oxygen atoms in total. The highest BCUT2D eigenvalue weighted by molar-refractivity contribution is 7.98. The number of amides is 2. The van der Waals surface area contributed by atoms with Crippen LogP contribution in [0.15, 0.2) is 0 Å². The van der Waals surface area contributed by atoms with E-state index >= 15 is 0 Å². The fourth-order valence-corrected chi connectivity index (χ4v) is 4.10. The van der Waals surface area contributed by atoms with E-state index in [1.807, 2.05) is 11.8 Å². The summed E-state index contributed by atoms with van der Waals surface area (Å²) >= 11 is 1.79. The molecule has 5 heteroatoms. The predicted molar refractivity (Wildman–Crippen MR) is 82.7 cm³/mol. The van der Waals surface area contributed by atoms with Crippen molar-refractivity contribution in [3.05, 3.63) is 0 Å². The summed E-state index contributed by atoms with van der Waals surface area (Å²) in [6, 6.07) is -0.144. The lowest BCUT2D eigenvalue weighted by Crippen LogP contribution is -2.70.